The van der Waals surface area contributed by atoms with Crippen molar-refractivity contribution in [3.05, 3.63) is 54.9 Å². The second kappa shape index (κ2) is 9.25. The number of hydrogen-bond acceptors (Lipinski definition) is 6. The summed E-state index contributed by atoms with van der Waals surface area (Å²) < 4.78 is 0. The lowest BCUT2D eigenvalue weighted by molar-refractivity contribution is -0.122. The van der Waals surface area contributed by atoms with E-state index in [0.29, 0.717) is 0 Å². The molecule has 192 valence electrons. The van der Waals surface area contributed by atoms with Crippen molar-refractivity contribution in [3.63, 3.8) is 0 Å². The summed E-state index contributed by atoms with van der Waals surface area (Å²) in [5, 5.41) is 11.8. The van der Waals surface area contributed by atoms with Crippen molar-refractivity contribution in [2.24, 2.45) is 5.92 Å². The topological polar surface area (TPSA) is 106 Å². The van der Waals surface area contributed by atoms with E-state index >= 15 is 0 Å². The predicted octanol–water partition coefficient (Wildman–Crippen LogP) is 4.66. The number of aromatic nitrogens is 5. The molecular weight excluding hydrogens is 476 g/mol. The van der Waals surface area contributed by atoms with Crippen molar-refractivity contribution < 1.29 is 4.79 Å². The minimum Gasteiger partial charge on any atom is -0.367 e. The molecule has 7 rings (SSSR count). The van der Waals surface area contributed by atoms with Crippen molar-refractivity contribution in [1.82, 2.24) is 30.0 Å². The minimum atomic E-state index is 0.0867. The number of rotatable bonds is 5. The fraction of sp³-hybridized carbons (Fsp3) is 0.310. The highest BCUT2D eigenvalue weighted by Gasteiger charge is 2.25. The van der Waals surface area contributed by atoms with E-state index < -0.39 is 0 Å². The maximum atomic E-state index is 12.4. The highest BCUT2D eigenvalue weighted by atomic mass is 16.1. The van der Waals surface area contributed by atoms with Crippen LogP contribution in [0.4, 0.5) is 11.4 Å². The van der Waals surface area contributed by atoms with Crippen molar-refractivity contribution in [2.75, 3.05) is 43.4 Å². The number of carbonyl (C=O) groups is 1. The van der Waals surface area contributed by atoms with Gasteiger partial charge in [-0.05, 0) is 55.8 Å². The molecule has 1 amide bonds. The van der Waals surface area contributed by atoms with E-state index in [-0.39, 0.29) is 11.8 Å². The van der Waals surface area contributed by atoms with E-state index in [1.807, 2.05) is 24.4 Å². The van der Waals surface area contributed by atoms with Gasteiger partial charge in [0.1, 0.15) is 11.2 Å². The van der Waals surface area contributed by atoms with Gasteiger partial charge in [-0.1, -0.05) is 18.6 Å². The third kappa shape index (κ3) is 4.09. The van der Waals surface area contributed by atoms with Gasteiger partial charge in [0.15, 0.2) is 5.82 Å². The Hall–Kier alpha value is -4.24. The molecule has 0 radical (unpaired) electrons. The molecule has 5 aromatic rings. The van der Waals surface area contributed by atoms with Gasteiger partial charge in [-0.2, -0.15) is 5.10 Å². The Morgan fingerprint density at radius 3 is 2.68 bits per heavy atom. The molecule has 0 spiro atoms. The number of nitrogens with zero attached hydrogens (tertiary/aromatic N) is 5. The normalized spacial score (nSPS) is 16.7. The molecular formula is C29H30N8O. The van der Waals surface area contributed by atoms with Crippen LogP contribution < -0.4 is 10.2 Å². The largest absolute Gasteiger partial charge is 0.367 e. The average Bonchev–Trinajstić information content (AvgIpc) is 3.52. The Morgan fingerprint density at radius 2 is 1.87 bits per heavy atom. The van der Waals surface area contributed by atoms with Gasteiger partial charge in [0.25, 0.3) is 0 Å². The van der Waals surface area contributed by atoms with E-state index in [1.54, 1.807) is 6.20 Å². The van der Waals surface area contributed by atoms with Gasteiger partial charge in [0.2, 0.25) is 5.91 Å². The van der Waals surface area contributed by atoms with Crippen LogP contribution in [0.1, 0.15) is 19.3 Å². The number of amides is 1. The summed E-state index contributed by atoms with van der Waals surface area (Å²) in [5.41, 5.74) is 7.51. The van der Waals surface area contributed by atoms with Crippen LogP contribution in [0.5, 0.6) is 0 Å². The van der Waals surface area contributed by atoms with Crippen LogP contribution in [0.15, 0.2) is 54.9 Å². The fourth-order valence-corrected chi connectivity index (χ4v) is 5.39. The van der Waals surface area contributed by atoms with Gasteiger partial charge in [-0.15, -0.1) is 0 Å². The molecule has 4 heterocycles. The van der Waals surface area contributed by atoms with Crippen LogP contribution in [0.3, 0.4) is 0 Å². The first-order valence-corrected chi connectivity index (χ1v) is 13.3. The number of imidazole rings is 1. The second-order valence-corrected chi connectivity index (χ2v) is 10.5. The Kier molecular flexibility index (Phi) is 5.58. The number of para-hydroxylation sites is 1. The summed E-state index contributed by atoms with van der Waals surface area (Å²) in [6, 6.07) is 14.5. The first-order chi connectivity index (χ1) is 18.6. The molecule has 0 unspecified atom stereocenters. The molecule has 9 heteroatoms. The smallest absolute Gasteiger partial charge is 0.227 e. The van der Waals surface area contributed by atoms with Crippen LogP contribution in [-0.2, 0) is 4.79 Å². The van der Waals surface area contributed by atoms with Crippen LogP contribution in [-0.4, -0.2) is 69.2 Å². The van der Waals surface area contributed by atoms with Gasteiger partial charge in [0, 0.05) is 49.2 Å². The van der Waals surface area contributed by atoms with Crippen LogP contribution >= 0.6 is 0 Å². The predicted molar refractivity (Wildman–Crippen MR) is 150 cm³/mol. The lowest BCUT2D eigenvalue weighted by Crippen LogP contribution is -2.44. The number of anilines is 2. The zero-order valence-electron chi connectivity index (χ0n) is 21.4. The van der Waals surface area contributed by atoms with Crippen molar-refractivity contribution in [1.29, 1.82) is 0 Å². The quantitative estimate of drug-likeness (QED) is 0.320. The number of nitrogens with one attached hydrogen (secondary N) is 3. The van der Waals surface area contributed by atoms with Crippen LogP contribution in [0, 0.1) is 5.92 Å². The van der Waals surface area contributed by atoms with Crippen molar-refractivity contribution in [3.8, 4) is 22.6 Å². The van der Waals surface area contributed by atoms with E-state index in [9.17, 15) is 4.79 Å². The van der Waals surface area contributed by atoms with E-state index in [0.717, 1.165) is 101 Å². The summed E-state index contributed by atoms with van der Waals surface area (Å²) in [7, 11) is 2.17. The van der Waals surface area contributed by atoms with E-state index in [4.69, 9.17) is 4.98 Å². The zero-order valence-corrected chi connectivity index (χ0v) is 21.4. The molecule has 0 bridgehead atoms. The number of hydrogen-bond donors (Lipinski definition) is 3. The number of pyridine rings is 1. The molecule has 1 saturated carbocycles. The number of aromatic amines is 2. The summed E-state index contributed by atoms with van der Waals surface area (Å²) in [5.74, 6) is 0.956. The highest BCUT2D eigenvalue weighted by Crippen LogP contribution is 2.33. The Balaban J connectivity index is 1.22. The Bertz CT molecular complexity index is 1640. The first kappa shape index (κ1) is 22.9. The van der Waals surface area contributed by atoms with Gasteiger partial charge >= 0.3 is 0 Å². The van der Waals surface area contributed by atoms with Gasteiger partial charge in [0.05, 0.1) is 28.6 Å². The molecule has 9 nitrogen and oxygen atoms in total. The minimum absolute atomic E-state index is 0.0867. The van der Waals surface area contributed by atoms with Crippen molar-refractivity contribution in [2.45, 2.75) is 19.3 Å². The highest BCUT2D eigenvalue weighted by molar-refractivity contribution is 5.98. The Labute approximate surface area is 220 Å². The Morgan fingerprint density at radius 1 is 1.00 bits per heavy atom. The molecule has 0 atom stereocenters. The molecule has 3 aromatic heterocycles. The third-order valence-corrected chi connectivity index (χ3v) is 7.94. The molecule has 1 aliphatic carbocycles. The van der Waals surface area contributed by atoms with Crippen LogP contribution in [0.2, 0.25) is 0 Å². The number of piperazine rings is 1. The SMILES string of the molecule is CN1CCN(c2cccc3[nH]c(-c4n[nH]c5ccc(-c6cncc(NC(=O)C7CCC7)c6)cc45)nc23)CC1. The maximum Gasteiger partial charge on any atom is 0.227 e. The standard InChI is InChI=1S/C29H30N8O/c1-36-10-12-37(13-11-36)25-7-3-6-24-27(25)33-28(32-24)26-22-15-19(8-9-23(22)34-35-26)20-14-21(17-30-16-20)31-29(38)18-4-2-5-18/h3,6-9,14-18H,2,4-5,10-13H2,1H3,(H,31,38)(H,32,33)(H,34,35). The lowest BCUT2D eigenvalue weighted by atomic mass is 9.85. The van der Waals surface area contributed by atoms with Gasteiger partial charge in [-0.25, -0.2) is 4.98 Å². The maximum absolute atomic E-state index is 12.4. The lowest BCUT2D eigenvalue weighted by Gasteiger charge is -2.34. The number of fused-ring (bicyclic) bond motifs is 2. The average molecular weight is 507 g/mol. The summed E-state index contributed by atoms with van der Waals surface area (Å²) >= 11 is 0. The molecule has 3 N–H and O–H groups in total. The number of carbonyl (C=O) groups excluding carboxylic acids is 1. The molecule has 1 aliphatic heterocycles. The van der Waals surface area contributed by atoms with Gasteiger partial charge < -0.3 is 20.1 Å². The zero-order chi connectivity index (χ0) is 25.6. The molecule has 2 fully saturated rings. The van der Waals surface area contributed by atoms with Crippen LogP contribution in [0.25, 0.3) is 44.6 Å². The molecule has 2 aromatic carbocycles. The number of H-pyrrole nitrogens is 2. The summed E-state index contributed by atoms with van der Waals surface area (Å²) in [6.07, 6.45) is 6.60. The summed E-state index contributed by atoms with van der Waals surface area (Å²) in [6.45, 7) is 4.06. The monoisotopic (exact) mass is 506 g/mol. The number of likely N-dealkylation sites (N-methyl/N-ethyl adjacent to an activating group) is 1. The van der Waals surface area contributed by atoms with E-state index in [2.05, 4.69) is 66.6 Å². The van der Waals surface area contributed by atoms with Crippen molar-refractivity contribution >= 4 is 39.2 Å². The third-order valence-electron chi connectivity index (χ3n) is 7.94. The fourth-order valence-electron chi connectivity index (χ4n) is 5.39. The first-order valence-electron chi connectivity index (χ1n) is 13.3. The summed E-state index contributed by atoms with van der Waals surface area (Å²) in [4.78, 5) is 30.1. The van der Waals surface area contributed by atoms with Gasteiger partial charge in [-0.3, -0.25) is 14.9 Å². The molecule has 38 heavy (non-hydrogen) atoms. The molecule has 1 saturated heterocycles. The number of benzene rings is 2. The second-order valence-electron chi connectivity index (χ2n) is 10.5. The molecule has 2 aliphatic rings. The van der Waals surface area contributed by atoms with E-state index in [1.165, 1.54) is 0 Å².